The van der Waals surface area contributed by atoms with Crippen LogP contribution in [-0.2, 0) is 19.6 Å². The number of piperidine rings is 2. The second-order valence-electron chi connectivity index (χ2n) is 7.95. The first-order chi connectivity index (χ1) is 13.8. The number of benzene rings is 1. The molecule has 2 fully saturated rings. The Labute approximate surface area is 173 Å². The maximum absolute atomic E-state index is 12.9. The van der Waals surface area contributed by atoms with Crippen molar-refractivity contribution in [1.82, 2.24) is 9.21 Å². The van der Waals surface area contributed by atoms with Crippen LogP contribution in [0.4, 0.5) is 0 Å². The van der Waals surface area contributed by atoms with Crippen LogP contribution < -0.4 is 0 Å². The molecule has 0 N–H and O–H groups in total. The predicted octanol–water partition coefficient (Wildman–Crippen LogP) is 2.73. The van der Waals surface area contributed by atoms with Gasteiger partial charge in [0.2, 0.25) is 10.0 Å². The van der Waals surface area contributed by atoms with Gasteiger partial charge in [-0.1, -0.05) is 12.5 Å². The molecule has 7 nitrogen and oxygen atoms in total. The molecule has 0 radical (unpaired) electrons. The number of hydrogen-bond donors (Lipinski definition) is 0. The Morgan fingerprint density at radius 3 is 2.45 bits per heavy atom. The first-order valence-electron chi connectivity index (χ1n) is 10.4. The summed E-state index contributed by atoms with van der Waals surface area (Å²) < 4.78 is 32.5. The number of esters is 1. The Hall–Kier alpha value is -1.93. The molecule has 3 rings (SSSR count). The third-order valence-corrected chi connectivity index (χ3v) is 7.73. The molecule has 2 heterocycles. The van der Waals surface area contributed by atoms with Gasteiger partial charge in [0.25, 0.3) is 5.91 Å². The summed E-state index contributed by atoms with van der Waals surface area (Å²) in [5, 5.41) is 0. The molecule has 0 aliphatic carbocycles. The van der Waals surface area contributed by atoms with E-state index in [-0.39, 0.29) is 29.0 Å². The SMILES string of the molecule is Cc1ccc(S(=O)(=O)N2CCCCC2)cc1C(=O)OCC(=O)N1CCCC[C@H]1C. The van der Waals surface area contributed by atoms with Gasteiger partial charge in [-0.3, -0.25) is 4.79 Å². The van der Waals surface area contributed by atoms with Crippen molar-refractivity contribution in [3.8, 4) is 0 Å². The summed E-state index contributed by atoms with van der Waals surface area (Å²) in [6, 6.07) is 4.66. The Morgan fingerprint density at radius 1 is 1.07 bits per heavy atom. The molecule has 2 saturated heterocycles. The Balaban J connectivity index is 1.70. The normalized spacial score (nSPS) is 21.0. The number of carbonyl (C=O) groups is 2. The van der Waals surface area contributed by atoms with Crippen molar-refractivity contribution in [3.63, 3.8) is 0 Å². The summed E-state index contributed by atoms with van der Waals surface area (Å²) in [7, 11) is -3.64. The highest BCUT2D eigenvalue weighted by Gasteiger charge is 2.28. The van der Waals surface area contributed by atoms with E-state index in [0.717, 1.165) is 38.5 Å². The third kappa shape index (κ3) is 4.98. The van der Waals surface area contributed by atoms with Crippen molar-refractivity contribution in [2.24, 2.45) is 0 Å². The minimum atomic E-state index is -3.64. The maximum atomic E-state index is 12.9. The summed E-state index contributed by atoms with van der Waals surface area (Å²) in [6.45, 7) is 5.07. The van der Waals surface area contributed by atoms with Gasteiger partial charge < -0.3 is 9.64 Å². The van der Waals surface area contributed by atoms with Crippen molar-refractivity contribution in [3.05, 3.63) is 29.3 Å². The second-order valence-corrected chi connectivity index (χ2v) is 9.89. The van der Waals surface area contributed by atoms with E-state index in [9.17, 15) is 18.0 Å². The zero-order chi connectivity index (χ0) is 21.0. The fraction of sp³-hybridized carbons (Fsp3) is 0.619. The number of rotatable bonds is 5. The van der Waals surface area contributed by atoms with Crippen LogP contribution in [0.3, 0.4) is 0 Å². The van der Waals surface area contributed by atoms with Gasteiger partial charge in [0.1, 0.15) is 0 Å². The van der Waals surface area contributed by atoms with Crippen LogP contribution in [0.1, 0.15) is 61.4 Å². The lowest BCUT2D eigenvalue weighted by Gasteiger charge is -2.33. The van der Waals surface area contributed by atoms with E-state index in [0.29, 0.717) is 25.2 Å². The van der Waals surface area contributed by atoms with Crippen LogP contribution in [0.15, 0.2) is 23.1 Å². The van der Waals surface area contributed by atoms with Crippen LogP contribution >= 0.6 is 0 Å². The fourth-order valence-electron chi connectivity index (χ4n) is 3.99. The summed E-state index contributed by atoms with van der Waals surface area (Å²) in [6.07, 6.45) is 5.73. The van der Waals surface area contributed by atoms with E-state index in [2.05, 4.69) is 0 Å². The number of carbonyl (C=O) groups excluding carboxylic acids is 2. The van der Waals surface area contributed by atoms with Gasteiger partial charge >= 0.3 is 5.97 Å². The second kappa shape index (κ2) is 9.26. The van der Waals surface area contributed by atoms with Crippen LogP contribution in [0, 0.1) is 6.92 Å². The lowest BCUT2D eigenvalue weighted by molar-refractivity contribution is -0.137. The zero-order valence-corrected chi connectivity index (χ0v) is 18.0. The van der Waals surface area contributed by atoms with Gasteiger partial charge in [-0.15, -0.1) is 0 Å². The molecule has 2 aliphatic rings. The molecule has 1 atom stereocenters. The summed E-state index contributed by atoms with van der Waals surface area (Å²) in [4.78, 5) is 26.8. The van der Waals surface area contributed by atoms with Gasteiger partial charge in [-0.2, -0.15) is 4.31 Å². The van der Waals surface area contributed by atoms with Gasteiger partial charge in [-0.25, -0.2) is 13.2 Å². The quantitative estimate of drug-likeness (QED) is 0.681. The number of amides is 1. The van der Waals surface area contributed by atoms with Crippen molar-refractivity contribution in [1.29, 1.82) is 0 Å². The molecule has 160 valence electrons. The monoisotopic (exact) mass is 422 g/mol. The highest BCUT2D eigenvalue weighted by molar-refractivity contribution is 7.89. The van der Waals surface area contributed by atoms with E-state index < -0.39 is 16.0 Å². The summed E-state index contributed by atoms with van der Waals surface area (Å²) in [5.74, 6) is -0.878. The van der Waals surface area contributed by atoms with E-state index in [1.54, 1.807) is 17.9 Å². The van der Waals surface area contributed by atoms with Crippen LogP contribution in [0.25, 0.3) is 0 Å². The Morgan fingerprint density at radius 2 is 1.76 bits per heavy atom. The van der Waals surface area contributed by atoms with Crippen LogP contribution in [-0.4, -0.2) is 61.8 Å². The molecule has 8 heteroatoms. The number of likely N-dealkylation sites (tertiary alicyclic amines) is 1. The van der Waals surface area contributed by atoms with Crippen molar-refractivity contribution < 1.29 is 22.7 Å². The Bertz CT molecular complexity index is 862. The van der Waals surface area contributed by atoms with Crippen molar-refractivity contribution in [2.45, 2.75) is 63.3 Å². The zero-order valence-electron chi connectivity index (χ0n) is 17.2. The number of sulfonamides is 1. The topological polar surface area (TPSA) is 84.0 Å². The first-order valence-corrected chi connectivity index (χ1v) is 11.8. The van der Waals surface area contributed by atoms with E-state index in [1.165, 1.54) is 16.4 Å². The maximum Gasteiger partial charge on any atom is 0.338 e. The minimum absolute atomic E-state index is 0.0907. The molecule has 1 amide bonds. The molecule has 0 aromatic heterocycles. The van der Waals surface area contributed by atoms with Crippen LogP contribution in [0.2, 0.25) is 0 Å². The van der Waals surface area contributed by atoms with Crippen molar-refractivity contribution in [2.75, 3.05) is 26.2 Å². The number of nitrogens with zero attached hydrogens (tertiary/aromatic N) is 2. The average molecular weight is 423 g/mol. The summed E-state index contributed by atoms with van der Waals surface area (Å²) in [5.41, 5.74) is 0.800. The van der Waals surface area contributed by atoms with Crippen molar-refractivity contribution >= 4 is 21.9 Å². The van der Waals surface area contributed by atoms with E-state index in [1.807, 2.05) is 6.92 Å². The molecule has 0 spiro atoms. The molecule has 2 aliphatic heterocycles. The molecular formula is C21H30N2O5S. The number of aryl methyl sites for hydroxylation is 1. The number of hydrogen-bond acceptors (Lipinski definition) is 5. The molecule has 0 saturated carbocycles. The smallest absolute Gasteiger partial charge is 0.338 e. The van der Waals surface area contributed by atoms with Gasteiger partial charge in [0.15, 0.2) is 6.61 Å². The van der Waals surface area contributed by atoms with E-state index >= 15 is 0 Å². The van der Waals surface area contributed by atoms with Gasteiger partial charge in [-0.05, 0) is 63.6 Å². The largest absolute Gasteiger partial charge is 0.452 e. The first kappa shape index (κ1) is 21.8. The molecule has 1 aromatic rings. The molecule has 0 unspecified atom stereocenters. The lowest BCUT2D eigenvalue weighted by atomic mass is 10.0. The standard InChI is InChI=1S/C21H30N2O5S/c1-16-9-10-18(29(26,27)22-11-5-3-6-12-22)14-19(16)21(25)28-15-20(24)23-13-7-4-8-17(23)2/h9-10,14,17H,3-8,11-13,15H2,1-2H3/t17-/m1/s1. The predicted molar refractivity (Wildman–Crippen MR) is 109 cm³/mol. The molecule has 1 aromatic carbocycles. The highest BCUT2D eigenvalue weighted by atomic mass is 32.2. The fourth-order valence-corrected chi connectivity index (χ4v) is 5.54. The third-order valence-electron chi connectivity index (χ3n) is 5.83. The highest BCUT2D eigenvalue weighted by Crippen LogP contribution is 2.23. The van der Waals surface area contributed by atoms with Crippen LogP contribution in [0.5, 0.6) is 0 Å². The average Bonchev–Trinajstić information content (AvgIpc) is 2.73. The lowest BCUT2D eigenvalue weighted by Crippen LogP contribution is -2.44. The van der Waals surface area contributed by atoms with Gasteiger partial charge in [0, 0.05) is 25.7 Å². The van der Waals surface area contributed by atoms with E-state index in [4.69, 9.17) is 4.74 Å². The minimum Gasteiger partial charge on any atom is -0.452 e. The molecular weight excluding hydrogens is 392 g/mol. The summed E-state index contributed by atoms with van der Waals surface area (Å²) >= 11 is 0. The molecule has 29 heavy (non-hydrogen) atoms. The van der Waals surface area contributed by atoms with Gasteiger partial charge in [0.05, 0.1) is 10.5 Å². The Kier molecular flexibility index (Phi) is 6.95. The number of ether oxygens (including phenoxy) is 1. The molecule has 0 bridgehead atoms.